The fourth-order valence-electron chi connectivity index (χ4n) is 2.40. The summed E-state index contributed by atoms with van der Waals surface area (Å²) >= 11 is 0. The van der Waals surface area contributed by atoms with Crippen molar-refractivity contribution >= 4 is 27.1 Å². The van der Waals surface area contributed by atoms with Gasteiger partial charge >= 0.3 is 0 Å². The number of carbonyl (C=O) groups is 2. The van der Waals surface area contributed by atoms with Crippen molar-refractivity contribution in [2.24, 2.45) is 0 Å². The maximum absolute atomic E-state index is 12.7. The molecule has 0 saturated carbocycles. The molecule has 1 aromatic heterocycles. The number of anilines is 1. The second kappa shape index (κ2) is 6.10. The highest BCUT2D eigenvalue weighted by atomic mass is 32.2. The standard InChI is InChI=1S/C16H13N3O5S/c1-24-10-5-3-9(4-6-10)19-13-14(20)11-12(18-8-7-17-11)15(21)16(13)25(2,22)23/h3-8,19H,1-2H3. The number of rotatable bonds is 4. The Kier molecular flexibility index (Phi) is 4.09. The largest absolute Gasteiger partial charge is 0.497 e. The molecule has 9 heteroatoms. The van der Waals surface area contributed by atoms with Crippen molar-refractivity contribution in [2.75, 3.05) is 18.7 Å². The SMILES string of the molecule is COc1ccc(NC2=C(S(C)(=O)=O)C(=O)c3nccnc3C2=O)cc1. The molecule has 0 aliphatic heterocycles. The van der Waals surface area contributed by atoms with E-state index in [1.807, 2.05) is 0 Å². The summed E-state index contributed by atoms with van der Waals surface area (Å²) in [5.74, 6) is -0.981. The van der Waals surface area contributed by atoms with Crippen LogP contribution in [0.2, 0.25) is 0 Å². The van der Waals surface area contributed by atoms with Crippen LogP contribution in [0.4, 0.5) is 5.69 Å². The van der Waals surface area contributed by atoms with E-state index in [0.717, 1.165) is 6.26 Å². The molecule has 0 amide bonds. The summed E-state index contributed by atoms with van der Waals surface area (Å²) in [6.45, 7) is 0. The number of benzene rings is 1. The number of nitrogens with one attached hydrogen (secondary N) is 1. The molecule has 2 aromatic rings. The third kappa shape index (κ3) is 3.01. The van der Waals surface area contributed by atoms with Gasteiger partial charge in [-0.15, -0.1) is 0 Å². The first-order valence-corrected chi connectivity index (χ1v) is 8.98. The first-order chi connectivity index (χ1) is 11.8. The highest BCUT2D eigenvalue weighted by Gasteiger charge is 2.39. The number of ether oxygens (including phenoxy) is 1. The maximum Gasteiger partial charge on any atom is 0.231 e. The van der Waals surface area contributed by atoms with E-state index in [9.17, 15) is 18.0 Å². The summed E-state index contributed by atoms with van der Waals surface area (Å²) in [6.07, 6.45) is 3.36. The van der Waals surface area contributed by atoms with Gasteiger partial charge < -0.3 is 10.1 Å². The zero-order valence-electron chi connectivity index (χ0n) is 13.3. The Labute approximate surface area is 143 Å². The number of carbonyl (C=O) groups excluding carboxylic acids is 2. The minimum Gasteiger partial charge on any atom is -0.497 e. The molecule has 0 spiro atoms. The molecule has 8 nitrogen and oxygen atoms in total. The van der Waals surface area contributed by atoms with E-state index >= 15 is 0 Å². The summed E-state index contributed by atoms with van der Waals surface area (Å²) in [4.78, 5) is 32.3. The number of hydrogen-bond donors (Lipinski definition) is 1. The van der Waals surface area contributed by atoms with E-state index in [2.05, 4.69) is 15.3 Å². The Bertz CT molecular complexity index is 1010. The van der Waals surface area contributed by atoms with E-state index in [1.165, 1.54) is 19.5 Å². The summed E-state index contributed by atoms with van der Waals surface area (Å²) in [5.41, 5.74) is -0.375. The van der Waals surface area contributed by atoms with Crippen molar-refractivity contribution in [1.82, 2.24) is 9.97 Å². The molecule has 0 radical (unpaired) electrons. The third-order valence-electron chi connectivity index (χ3n) is 3.52. The van der Waals surface area contributed by atoms with Gasteiger partial charge in [0.05, 0.1) is 7.11 Å². The normalized spacial score (nSPS) is 14.3. The number of methoxy groups -OCH3 is 1. The van der Waals surface area contributed by atoms with Gasteiger partial charge in [-0.3, -0.25) is 9.59 Å². The molecule has 0 fully saturated rings. The van der Waals surface area contributed by atoms with Gasteiger partial charge in [-0.2, -0.15) is 0 Å². The zero-order valence-corrected chi connectivity index (χ0v) is 14.1. The minimum atomic E-state index is -3.98. The summed E-state index contributed by atoms with van der Waals surface area (Å²) in [7, 11) is -2.47. The average Bonchev–Trinajstić information content (AvgIpc) is 2.59. The maximum atomic E-state index is 12.7. The van der Waals surface area contributed by atoms with Gasteiger partial charge in [0.1, 0.15) is 27.7 Å². The number of hydrogen-bond acceptors (Lipinski definition) is 8. The van der Waals surface area contributed by atoms with Crippen LogP contribution in [0.25, 0.3) is 0 Å². The number of aromatic nitrogens is 2. The Morgan fingerprint density at radius 2 is 1.52 bits per heavy atom. The van der Waals surface area contributed by atoms with Crippen LogP contribution in [0.5, 0.6) is 5.75 Å². The molecule has 0 unspecified atom stereocenters. The van der Waals surface area contributed by atoms with Gasteiger partial charge in [-0.05, 0) is 24.3 Å². The second-order valence-corrected chi connectivity index (χ2v) is 7.19. The van der Waals surface area contributed by atoms with Gasteiger partial charge in [-0.1, -0.05) is 0 Å². The predicted molar refractivity (Wildman–Crippen MR) is 89.2 cm³/mol. The highest BCUT2D eigenvalue weighted by molar-refractivity contribution is 7.95. The van der Waals surface area contributed by atoms with Crippen LogP contribution in [-0.2, 0) is 9.84 Å². The number of sulfone groups is 1. The van der Waals surface area contributed by atoms with Crippen molar-refractivity contribution in [3.05, 3.63) is 58.6 Å². The first kappa shape index (κ1) is 16.8. The smallest absolute Gasteiger partial charge is 0.231 e. The van der Waals surface area contributed by atoms with Gasteiger partial charge in [0, 0.05) is 24.3 Å². The first-order valence-electron chi connectivity index (χ1n) is 7.08. The summed E-state index contributed by atoms with van der Waals surface area (Å²) in [6, 6.07) is 6.45. The number of nitrogens with zero attached hydrogens (tertiary/aromatic N) is 2. The van der Waals surface area contributed by atoms with E-state index in [-0.39, 0.29) is 17.1 Å². The highest BCUT2D eigenvalue weighted by Crippen LogP contribution is 2.28. The van der Waals surface area contributed by atoms with Crippen LogP contribution in [0.3, 0.4) is 0 Å². The van der Waals surface area contributed by atoms with E-state index in [1.54, 1.807) is 24.3 Å². The van der Waals surface area contributed by atoms with Crippen LogP contribution in [-0.4, -0.2) is 43.3 Å². The lowest BCUT2D eigenvalue weighted by atomic mass is 10.0. The van der Waals surface area contributed by atoms with E-state index in [4.69, 9.17) is 4.74 Å². The predicted octanol–water partition coefficient (Wildman–Crippen LogP) is 1.23. The molecule has 1 aromatic carbocycles. The molecular weight excluding hydrogens is 346 g/mol. The number of Topliss-reactive ketones (excluding diaryl/α,β-unsaturated/α-hetero) is 2. The molecule has 3 rings (SSSR count). The molecule has 1 heterocycles. The quantitative estimate of drug-likeness (QED) is 0.867. The van der Waals surface area contributed by atoms with Crippen molar-refractivity contribution in [3.63, 3.8) is 0 Å². The van der Waals surface area contributed by atoms with Crippen LogP contribution < -0.4 is 10.1 Å². The molecule has 1 aliphatic carbocycles. The Balaban J connectivity index is 2.15. The van der Waals surface area contributed by atoms with Crippen molar-refractivity contribution < 1.29 is 22.7 Å². The summed E-state index contributed by atoms with van der Waals surface area (Å²) in [5, 5.41) is 2.72. The van der Waals surface area contributed by atoms with Gasteiger partial charge in [0.2, 0.25) is 11.6 Å². The van der Waals surface area contributed by atoms with E-state index in [0.29, 0.717) is 11.4 Å². The van der Waals surface area contributed by atoms with Crippen molar-refractivity contribution in [1.29, 1.82) is 0 Å². The van der Waals surface area contributed by atoms with Gasteiger partial charge in [0.15, 0.2) is 9.84 Å². The lowest BCUT2D eigenvalue weighted by molar-refractivity contribution is 0.0974. The third-order valence-corrected chi connectivity index (χ3v) is 4.65. The Morgan fingerprint density at radius 1 is 0.960 bits per heavy atom. The second-order valence-electron chi connectivity index (χ2n) is 5.24. The molecular formula is C16H13N3O5S. The lowest BCUT2D eigenvalue weighted by Gasteiger charge is -2.19. The lowest BCUT2D eigenvalue weighted by Crippen LogP contribution is -2.31. The van der Waals surface area contributed by atoms with Crippen LogP contribution in [0, 0.1) is 0 Å². The molecule has 1 aliphatic rings. The minimum absolute atomic E-state index is 0.184. The number of allylic oxidation sites excluding steroid dienone is 2. The number of fused-ring (bicyclic) bond motifs is 1. The fraction of sp³-hybridized carbons (Fsp3) is 0.125. The number of ketones is 2. The Hall–Kier alpha value is -3.07. The molecule has 0 bridgehead atoms. The Morgan fingerprint density at radius 3 is 2.04 bits per heavy atom. The molecule has 0 atom stereocenters. The fourth-order valence-corrected chi connectivity index (χ4v) is 3.35. The van der Waals surface area contributed by atoms with Crippen LogP contribution in [0.15, 0.2) is 47.3 Å². The topological polar surface area (TPSA) is 115 Å². The van der Waals surface area contributed by atoms with Crippen molar-refractivity contribution in [3.8, 4) is 5.75 Å². The van der Waals surface area contributed by atoms with Crippen LogP contribution >= 0.6 is 0 Å². The molecule has 25 heavy (non-hydrogen) atoms. The molecule has 1 N–H and O–H groups in total. The monoisotopic (exact) mass is 359 g/mol. The van der Waals surface area contributed by atoms with Gasteiger partial charge in [0.25, 0.3) is 0 Å². The zero-order chi connectivity index (χ0) is 18.2. The molecule has 128 valence electrons. The van der Waals surface area contributed by atoms with Crippen LogP contribution in [0.1, 0.15) is 21.0 Å². The van der Waals surface area contributed by atoms with Gasteiger partial charge in [-0.25, -0.2) is 18.4 Å². The van der Waals surface area contributed by atoms with Crippen molar-refractivity contribution in [2.45, 2.75) is 0 Å². The average molecular weight is 359 g/mol. The molecule has 0 saturated heterocycles. The van der Waals surface area contributed by atoms with E-state index < -0.39 is 26.3 Å². The summed E-state index contributed by atoms with van der Waals surface area (Å²) < 4.78 is 29.3.